The van der Waals surface area contributed by atoms with E-state index in [0.29, 0.717) is 0 Å². The van der Waals surface area contributed by atoms with Gasteiger partial charge < -0.3 is 0 Å². The molecule has 0 aromatic rings. The van der Waals surface area contributed by atoms with Crippen molar-refractivity contribution in [1.29, 1.82) is 0 Å². The first-order valence-electron chi connectivity index (χ1n) is 3.90. The zero-order chi connectivity index (χ0) is 6.53. The van der Waals surface area contributed by atoms with E-state index in [1.54, 1.807) is 0 Å². The predicted molar refractivity (Wildman–Crippen MR) is 41.1 cm³/mol. The van der Waals surface area contributed by atoms with E-state index < -0.39 is 0 Å². The molecule has 1 rings (SSSR count). The van der Waals surface area contributed by atoms with E-state index in [4.69, 9.17) is 0 Å². The van der Waals surface area contributed by atoms with Gasteiger partial charge in [-0.2, -0.15) is 0 Å². The van der Waals surface area contributed by atoms with E-state index in [9.17, 15) is 0 Å². The van der Waals surface area contributed by atoms with Crippen LogP contribution in [0.1, 0.15) is 38.5 Å². The molecule has 0 amide bonds. The molecule has 1 heteroatoms. The standard InChI is InChI=1S/C9H15.K/c1-9-7-5-3-2-4-6-8-9;/h7H,1-6,8H2;/q;+1. The second-order valence-electron chi connectivity index (χ2n) is 2.82. The van der Waals surface area contributed by atoms with Gasteiger partial charge in [-0.25, -0.2) is 0 Å². The summed E-state index contributed by atoms with van der Waals surface area (Å²) in [6.45, 7) is 3.96. The molecular formula is C9H15K+. The maximum Gasteiger partial charge on any atom is 1.00 e. The number of rotatable bonds is 0. The Morgan fingerprint density at radius 1 is 1.10 bits per heavy atom. The molecule has 0 aliphatic heterocycles. The van der Waals surface area contributed by atoms with Crippen LogP contribution in [0.3, 0.4) is 0 Å². The molecule has 1 aliphatic rings. The molecule has 0 heterocycles. The molecule has 10 heavy (non-hydrogen) atoms. The van der Waals surface area contributed by atoms with Crippen LogP contribution in [-0.2, 0) is 0 Å². The van der Waals surface area contributed by atoms with E-state index in [1.165, 1.54) is 44.1 Å². The average Bonchev–Trinajstić information content (AvgIpc) is 1.79. The number of hydrogen-bond donors (Lipinski definition) is 0. The number of allylic oxidation sites excluding steroid dienone is 1. The smallest absolute Gasteiger partial charge is 0.0996 e. The Hall–Kier alpha value is 1.38. The zero-order valence-electron chi connectivity index (χ0n) is 7.03. The van der Waals surface area contributed by atoms with Gasteiger partial charge in [-0.1, -0.05) is 31.4 Å². The van der Waals surface area contributed by atoms with Gasteiger partial charge in [0.2, 0.25) is 0 Å². The van der Waals surface area contributed by atoms with E-state index >= 15 is 0 Å². The van der Waals surface area contributed by atoms with Gasteiger partial charge in [0, 0.05) is 0 Å². The molecule has 1 saturated carbocycles. The minimum absolute atomic E-state index is 0. The summed E-state index contributed by atoms with van der Waals surface area (Å²) in [6, 6.07) is 0. The molecule has 0 N–H and O–H groups in total. The number of hydrogen-bond acceptors (Lipinski definition) is 0. The van der Waals surface area contributed by atoms with Crippen LogP contribution in [0.25, 0.3) is 0 Å². The summed E-state index contributed by atoms with van der Waals surface area (Å²) in [7, 11) is 0. The fourth-order valence-corrected chi connectivity index (χ4v) is 1.26. The average molecular weight is 162 g/mol. The normalized spacial score (nSPS) is 20.6. The molecule has 1 radical (unpaired) electrons. The molecule has 0 unspecified atom stereocenters. The van der Waals surface area contributed by atoms with E-state index in [2.05, 4.69) is 13.0 Å². The third kappa shape index (κ3) is 5.08. The van der Waals surface area contributed by atoms with Crippen LogP contribution in [0.4, 0.5) is 0 Å². The first-order valence-corrected chi connectivity index (χ1v) is 3.90. The molecule has 1 aliphatic carbocycles. The summed E-state index contributed by atoms with van der Waals surface area (Å²) in [5, 5.41) is 0. The molecule has 1 fully saturated rings. The van der Waals surface area contributed by atoms with Crippen LogP contribution in [0.15, 0.2) is 12.2 Å². The Morgan fingerprint density at radius 3 is 2.60 bits per heavy atom. The fourth-order valence-electron chi connectivity index (χ4n) is 1.26. The van der Waals surface area contributed by atoms with E-state index in [0.717, 1.165) is 0 Å². The largest absolute Gasteiger partial charge is 1.00 e. The van der Waals surface area contributed by atoms with Crippen LogP contribution < -0.4 is 51.4 Å². The van der Waals surface area contributed by atoms with Gasteiger partial charge in [0.15, 0.2) is 0 Å². The summed E-state index contributed by atoms with van der Waals surface area (Å²) in [5.41, 5.74) is 1.36. The molecule has 0 aromatic heterocycles. The third-order valence-electron chi connectivity index (χ3n) is 1.89. The van der Waals surface area contributed by atoms with Crippen molar-refractivity contribution in [3.63, 3.8) is 0 Å². The summed E-state index contributed by atoms with van der Waals surface area (Å²) in [6.07, 6.45) is 10.4. The summed E-state index contributed by atoms with van der Waals surface area (Å²) < 4.78 is 0. The van der Waals surface area contributed by atoms with Crippen molar-refractivity contribution in [3.05, 3.63) is 18.6 Å². The Bertz CT molecular complexity index is 86.9. The van der Waals surface area contributed by atoms with Gasteiger partial charge in [-0.05, 0) is 25.7 Å². The van der Waals surface area contributed by atoms with Crippen molar-refractivity contribution in [2.45, 2.75) is 38.5 Å². The van der Waals surface area contributed by atoms with E-state index in [1.807, 2.05) is 0 Å². The minimum Gasteiger partial charge on any atom is -0.0996 e. The van der Waals surface area contributed by atoms with Crippen molar-refractivity contribution in [3.8, 4) is 0 Å². The van der Waals surface area contributed by atoms with Gasteiger partial charge in [0.05, 0.1) is 0 Å². The molecule has 0 aromatic carbocycles. The van der Waals surface area contributed by atoms with E-state index in [-0.39, 0.29) is 51.4 Å². The molecule has 0 spiro atoms. The Morgan fingerprint density at radius 2 is 1.80 bits per heavy atom. The van der Waals surface area contributed by atoms with Crippen LogP contribution in [0.2, 0.25) is 0 Å². The van der Waals surface area contributed by atoms with Crippen LogP contribution in [0.5, 0.6) is 0 Å². The van der Waals surface area contributed by atoms with Crippen molar-refractivity contribution in [2.75, 3.05) is 0 Å². The Kier molecular flexibility index (Phi) is 8.02. The maximum atomic E-state index is 3.96. The van der Waals surface area contributed by atoms with Crippen LogP contribution in [-0.4, -0.2) is 0 Å². The van der Waals surface area contributed by atoms with Crippen molar-refractivity contribution < 1.29 is 51.4 Å². The molecular weight excluding hydrogens is 147 g/mol. The Balaban J connectivity index is 0.000000810. The first kappa shape index (κ1) is 11.4. The van der Waals surface area contributed by atoms with Gasteiger partial charge in [0.1, 0.15) is 0 Å². The minimum atomic E-state index is 0. The van der Waals surface area contributed by atoms with Crippen LogP contribution in [0, 0.1) is 6.42 Å². The predicted octanol–water partition coefficient (Wildman–Crippen LogP) is 0.105. The second-order valence-corrected chi connectivity index (χ2v) is 2.82. The zero-order valence-corrected chi connectivity index (χ0v) is 10.2. The third-order valence-corrected chi connectivity index (χ3v) is 1.89. The fraction of sp³-hybridized carbons (Fsp3) is 0.667. The Labute approximate surface area is 107 Å². The second kappa shape index (κ2) is 7.05. The van der Waals surface area contributed by atoms with Crippen molar-refractivity contribution in [2.24, 2.45) is 0 Å². The van der Waals surface area contributed by atoms with Gasteiger partial charge in [0.25, 0.3) is 0 Å². The first-order chi connectivity index (χ1) is 4.39. The molecule has 0 atom stereocenters. The van der Waals surface area contributed by atoms with Crippen molar-refractivity contribution in [1.82, 2.24) is 0 Å². The molecule has 0 bridgehead atoms. The van der Waals surface area contributed by atoms with Crippen molar-refractivity contribution >= 4 is 0 Å². The summed E-state index contributed by atoms with van der Waals surface area (Å²) in [5.74, 6) is 0. The summed E-state index contributed by atoms with van der Waals surface area (Å²) >= 11 is 0. The topological polar surface area (TPSA) is 0 Å². The van der Waals surface area contributed by atoms with Crippen LogP contribution >= 0.6 is 0 Å². The van der Waals surface area contributed by atoms with Gasteiger partial charge in [-0.15, -0.1) is 0 Å². The quantitative estimate of drug-likeness (QED) is 0.443. The monoisotopic (exact) mass is 162 g/mol. The molecule has 51 valence electrons. The molecule has 0 saturated heterocycles. The van der Waals surface area contributed by atoms with Gasteiger partial charge in [-0.3, -0.25) is 0 Å². The molecule has 0 nitrogen and oxygen atoms in total. The van der Waals surface area contributed by atoms with Gasteiger partial charge >= 0.3 is 51.4 Å². The SMILES string of the molecule is C=C1[CH]CCCCCC1.[K+]. The summed E-state index contributed by atoms with van der Waals surface area (Å²) in [4.78, 5) is 0. The maximum absolute atomic E-state index is 3.96.